The van der Waals surface area contributed by atoms with Crippen molar-refractivity contribution in [2.75, 3.05) is 5.43 Å². The number of aromatic nitrogens is 1. The van der Waals surface area contributed by atoms with Gasteiger partial charge in [0.1, 0.15) is 23.5 Å². The first-order valence-electron chi connectivity index (χ1n) is 7.38. The Morgan fingerprint density at radius 3 is 2.48 bits per heavy atom. The number of hydrazone groups is 1. The van der Waals surface area contributed by atoms with Crippen LogP contribution in [-0.2, 0) is 0 Å². The van der Waals surface area contributed by atoms with Crippen LogP contribution in [0.3, 0.4) is 0 Å². The van der Waals surface area contributed by atoms with Gasteiger partial charge in [-0.25, -0.2) is 4.98 Å². The van der Waals surface area contributed by atoms with Crippen LogP contribution in [0.25, 0.3) is 11.3 Å². The van der Waals surface area contributed by atoms with E-state index in [9.17, 15) is 20.2 Å². The molecule has 2 aromatic heterocycles. The average molecular weight is 388 g/mol. The van der Waals surface area contributed by atoms with Crippen molar-refractivity contribution in [3.63, 3.8) is 0 Å². The quantitative estimate of drug-likeness (QED) is 0.379. The molecule has 0 atom stereocenters. The number of hydrogen-bond acceptors (Lipinski definition) is 8. The molecule has 0 unspecified atom stereocenters. The number of hydrogen-bond donors (Lipinski definition) is 1. The number of non-ortho nitro benzene ring substituents is 1. The number of furan rings is 1. The Morgan fingerprint density at radius 1 is 1.07 bits per heavy atom. The summed E-state index contributed by atoms with van der Waals surface area (Å²) in [5.74, 6) is 1.02. The monoisotopic (exact) mass is 387 g/mol. The second-order valence-electron chi connectivity index (χ2n) is 5.15. The maximum absolute atomic E-state index is 10.9. The number of pyridine rings is 1. The number of anilines is 1. The van der Waals surface area contributed by atoms with Crippen LogP contribution in [0, 0.1) is 20.2 Å². The topological polar surface area (TPSA) is 137 Å². The Balaban J connectivity index is 1.72. The average Bonchev–Trinajstić information content (AvgIpc) is 3.11. The summed E-state index contributed by atoms with van der Waals surface area (Å²) in [5.41, 5.74) is 2.75. The molecule has 27 heavy (non-hydrogen) atoms. The van der Waals surface area contributed by atoms with Crippen LogP contribution in [0.1, 0.15) is 5.76 Å². The number of benzene rings is 1. The van der Waals surface area contributed by atoms with E-state index >= 15 is 0 Å². The fourth-order valence-electron chi connectivity index (χ4n) is 2.10. The van der Waals surface area contributed by atoms with Crippen molar-refractivity contribution in [1.29, 1.82) is 0 Å². The summed E-state index contributed by atoms with van der Waals surface area (Å²) in [4.78, 5) is 24.2. The summed E-state index contributed by atoms with van der Waals surface area (Å²) in [5, 5.41) is 25.7. The van der Waals surface area contributed by atoms with Crippen LogP contribution >= 0.6 is 11.6 Å². The zero-order valence-electron chi connectivity index (χ0n) is 13.4. The van der Waals surface area contributed by atoms with Crippen molar-refractivity contribution in [2.24, 2.45) is 5.10 Å². The van der Waals surface area contributed by atoms with Crippen LogP contribution in [0.4, 0.5) is 17.2 Å². The Kier molecular flexibility index (Phi) is 5.08. The van der Waals surface area contributed by atoms with Crippen LogP contribution < -0.4 is 5.43 Å². The molecule has 0 aliphatic rings. The lowest BCUT2D eigenvalue weighted by Crippen LogP contribution is -1.94. The highest BCUT2D eigenvalue weighted by molar-refractivity contribution is 6.33. The highest BCUT2D eigenvalue weighted by Gasteiger charge is 2.14. The summed E-state index contributed by atoms with van der Waals surface area (Å²) < 4.78 is 5.57. The molecule has 0 saturated heterocycles. The predicted molar refractivity (Wildman–Crippen MR) is 97.9 cm³/mol. The molecule has 0 radical (unpaired) electrons. The molecule has 11 heteroatoms. The zero-order valence-corrected chi connectivity index (χ0v) is 14.2. The number of nitro benzene ring substituents is 1. The largest absolute Gasteiger partial charge is 0.455 e. The lowest BCUT2D eigenvalue weighted by atomic mass is 10.1. The minimum absolute atomic E-state index is 0.105. The van der Waals surface area contributed by atoms with E-state index in [0.29, 0.717) is 27.9 Å². The van der Waals surface area contributed by atoms with Gasteiger partial charge >= 0.3 is 0 Å². The molecule has 0 bridgehead atoms. The predicted octanol–water partition coefficient (Wildman–Crippen LogP) is 4.26. The smallest absolute Gasteiger partial charge is 0.287 e. The molecule has 0 amide bonds. The first-order chi connectivity index (χ1) is 12.9. The van der Waals surface area contributed by atoms with E-state index in [2.05, 4.69) is 15.5 Å². The number of nitro groups is 2. The van der Waals surface area contributed by atoms with E-state index < -0.39 is 9.85 Å². The van der Waals surface area contributed by atoms with E-state index in [4.69, 9.17) is 16.0 Å². The summed E-state index contributed by atoms with van der Waals surface area (Å²) >= 11 is 6.08. The molecular formula is C16H10ClN5O5. The van der Waals surface area contributed by atoms with Crippen LogP contribution in [0.5, 0.6) is 0 Å². The van der Waals surface area contributed by atoms with E-state index in [-0.39, 0.29) is 11.4 Å². The number of rotatable bonds is 6. The molecule has 1 N–H and O–H groups in total. The third-order valence-corrected chi connectivity index (χ3v) is 3.71. The molecule has 3 rings (SSSR count). The first kappa shape index (κ1) is 18.0. The van der Waals surface area contributed by atoms with Gasteiger partial charge < -0.3 is 4.42 Å². The standard InChI is InChI=1S/C16H10ClN5O5/c17-14-4-1-10(21(23)24)7-13(14)15-5-3-12(27-15)9-19-20-16-6-2-11(8-18-16)22(25)26/h1-9H,(H,18,20). The minimum atomic E-state index is -0.552. The normalized spacial score (nSPS) is 10.9. The number of halogens is 1. The number of nitrogens with one attached hydrogen (secondary N) is 1. The van der Waals surface area contributed by atoms with Gasteiger partial charge in [0.15, 0.2) is 0 Å². The van der Waals surface area contributed by atoms with Gasteiger partial charge in [-0.15, -0.1) is 0 Å². The van der Waals surface area contributed by atoms with Crippen molar-refractivity contribution in [3.05, 3.63) is 79.7 Å². The van der Waals surface area contributed by atoms with E-state index in [1.165, 1.54) is 36.5 Å². The fourth-order valence-corrected chi connectivity index (χ4v) is 2.32. The molecular weight excluding hydrogens is 378 g/mol. The molecule has 3 aromatic rings. The van der Waals surface area contributed by atoms with Gasteiger partial charge in [-0.2, -0.15) is 5.10 Å². The number of nitrogens with zero attached hydrogens (tertiary/aromatic N) is 4. The van der Waals surface area contributed by atoms with Crippen LogP contribution in [-0.4, -0.2) is 21.0 Å². The van der Waals surface area contributed by atoms with Crippen LogP contribution in [0.2, 0.25) is 5.02 Å². The van der Waals surface area contributed by atoms with Crippen molar-refractivity contribution < 1.29 is 14.3 Å². The highest BCUT2D eigenvalue weighted by atomic mass is 35.5. The van der Waals surface area contributed by atoms with Crippen LogP contribution in [0.15, 0.2) is 58.2 Å². The molecule has 0 saturated carbocycles. The Morgan fingerprint density at radius 2 is 1.81 bits per heavy atom. The third kappa shape index (κ3) is 4.25. The molecule has 0 aliphatic heterocycles. The summed E-state index contributed by atoms with van der Waals surface area (Å²) in [7, 11) is 0. The zero-order chi connectivity index (χ0) is 19.4. The van der Waals surface area contributed by atoms with Gasteiger partial charge in [0, 0.05) is 23.8 Å². The molecule has 1 aromatic carbocycles. The van der Waals surface area contributed by atoms with E-state index in [1.807, 2.05) is 0 Å². The third-order valence-electron chi connectivity index (χ3n) is 3.38. The molecule has 0 aliphatic carbocycles. The molecule has 10 nitrogen and oxygen atoms in total. The van der Waals surface area contributed by atoms with Gasteiger partial charge in [0.2, 0.25) is 0 Å². The van der Waals surface area contributed by atoms with Gasteiger partial charge in [-0.1, -0.05) is 11.6 Å². The SMILES string of the molecule is O=[N+]([O-])c1ccc(NN=Cc2ccc(-c3cc([N+](=O)[O-])ccc3Cl)o2)nc1. The highest BCUT2D eigenvalue weighted by Crippen LogP contribution is 2.32. The lowest BCUT2D eigenvalue weighted by molar-refractivity contribution is -0.385. The van der Waals surface area contributed by atoms with E-state index in [0.717, 1.165) is 6.20 Å². The summed E-state index contributed by atoms with van der Waals surface area (Å²) in [6, 6.07) is 9.97. The maximum atomic E-state index is 10.9. The Hall–Kier alpha value is -3.79. The lowest BCUT2D eigenvalue weighted by Gasteiger charge is -2.00. The van der Waals surface area contributed by atoms with Gasteiger partial charge in [-0.05, 0) is 24.3 Å². The summed E-state index contributed by atoms with van der Waals surface area (Å²) in [6.07, 6.45) is 2.46. The molecule has 136 valence electrons. The minimum Gasteiger partial charge on any atom is -0.455 e. The van der Waals surface area contributed by atoms with Gasteiger partial charge in [0.25, 0.3) is 11.4 Å². The Labute approximate surface area is 156 Å². The van der Waals surface area contributed by atoms with Crippen molar-refractivity contribution in [2.45, 2.75) is 0 Å². The van der Waals surface area contributed by atoms with Crippen molar-refractivity contribution >= 4 is 35.0 Å². The first-order valence-corrected chi connectivity index (χ1v) is 7.75. The van der Waals surface area contributed by atoms with Gasteiger partial charge in [0.05, 0.1) is 21.1 Å². The van der Waals surface area contributed by atoms with Crippen molar-refractivity contribution in [3.8, 4) is 11.3 Å². The second kappa shape index (κ2) is 7.62. The molecule has 0 fully saturated rings. The summed E-state index contributed by atoms with van der Waals surface area (Å²) in [6.45, 7) is 0. The fraction of sp³-hybridized carbons (Fsp3) is 0. The van der Waals surface area contributed by atoms with E-state index in [1.54, 1.807) is 12.1 Å². The molecule has 2 heterocycles. The van der Waals surface area contributed by atoms with Crippen molar-refractivity contribution in [1.82, 2.24) is 4.98 Å². The Bertz CT molecular complexity index is 1030. The molecule has 0 spiro atoms. The second-order valence-corrected chi connectivity index (χ2v) is 5.56. The maximum Gasteiger partial charge on any atom is 0.287 e. The van der Waals surface area contributed by atoms with Gasteiger partial charge in [-0.3, -0.25) is 25.7 Å².